The molecule has 128 valence electrons. The van der Waals surface area contributed by atoms with Gasteiger partial charge in [0.1, 0.15) is 0 Å². The van der Waals surface area contributed by atoms with Crippen molar-refractivity contribution in [2.24, 2.45) is 10.9 Å². The largest absolute Gasteiger partial charge is 0.357 e. The summed E-state index contributed by atoms with van der Waals surface area (Å²) in [4.78, 5) is 14.0. The number of imidazole rings is 1. The predicted octanol–water partition coefficient (Wildman–Crippen LogP) is 1.44. The van der Waals surface area contributed by atoms with E-state index in [4.69, 9.17) is 4.99 Å². The van der Waals surface area contributed by atoms with E-state index in [2.05, 4.69) is 44.7 Å². The van der Waals surface area contributed by atoms with E-state index < -0.39 is 0 Å². The summed E-state index contributed by atoms with van der Waals surface area (Å²) in [5.74, 6) is 1.74. The highest BCUT2D eigenvalue weighted by Crippen LogP contribution is 2.27. The fraction of sp³-hybridized carbons (Fsp3) is 0.765. The average Bonchev–Trinajstić information content (AvgIpc) is 3.03. The van der Waals surface area contributed by atoms with Crippen molar-refractivity contribution < 1.29 is 0 Å². The van der Waals surface area contributed by atoms with Crippen molar-refractivity contribution in [3.05, 3.63) is 18.7 Å². The Morgan fingerprint density at radius 1 is 1.35 bits per heavy atom. The molecule has 0 aromatic carbocycles. The van der Waals surface area contributed by atoms with Gasteiger partial charge in [-0.05, 0) is 38.8 Å². The van der Waals surface area contributed by atoms with Crippen molar-refractivity contribution in [1.29, 1.82) is 0 Å². The molecule has 0 bridgehead atoms. The maximum atomic E-state index is 4.86. The van der Waals surface area contributed by atoms with Crippen LogP contribution in [0, 0.1) is 5.92 Å². The second kappa shape index (κ2) is 7.81. The van der Waals surface area contributed by atoms with Crippen LogP contribution in [0.15, 0.2) is 23.7 Å². The van der Waals surface area contributed by atoms with Gasteiger partial charge in [-0.2, -0.15) is 0 Å². The van der Waals surface area contributed by atoms with Crippen LogP contribution >= 0.6 is 0 Å². The lowest BCUT2D eigenvalue weighted by Gasteiger charge is -2.39. The number of rotatable bonds is 5. The van der Waals surface area contributed by atoms with Crippen molar-refractivity contribution in [3.8, 4) is 0 Å². The first-order chi connectivity index (χ1) is 11.3. The third-order valence-corrected chi connectivity index (χ3v) is 5.09. The van der Waals surface area contributed by atoms with E-state index in [1.807, 2.05) is 12.5 Å². The molecule has 2 unspecified atom stereocenters. The number of hydrogen-bond acceptors (Lipinski definition) is 3. The molecule has 6 nitrogen and oxygen atoms in total. The van der Waals surface area contributed by atoms with E-state index in [-0.39, 0.29) is 0 Å². The molecule has 0 aliphatic carbocycles. The third-order valence-electron chi connectivity index (χ3n) is 5.09. The first kappa shape index (κ1) is 16.3. The van der Waals surface area contributed by atoms with Gasteiger partial charge >= 0.3 is 0 Å². The molecule has 2 aliphatic heterocycles. The molecule has 0 radical (unpaired) electrons. The molecule has 1 aromatic heterocycles. The van der Waals surface area contributed by atoms with Gasteiger partial charge in [-0.3, -0.25) is 4.99 Å². The number of likely N-dealkylation sites (tertiary alicyclic amines) is 2. The molecule has 0 amide bonds. The summed E-state index contributed by atoms with van der Waals surface area (Å²) in [6.07, 6.45) is 8.44. The minimum Gasteiger partial charge on any atom is -0.357 e. The van der Waals surface area contributed by atoms with Crippen LogP contribution in [0.1, 0.15) is 32.7 Å². The molecule has 3 rings (SSSR count). The zero-order valence-electron chi connectivity index (χ0n) is 14.5. The fourth-order valence-electron chi connectivity index (χ4n) is 3.42. The minimum absolute atomic E-state index is 0.477. The predicted molar refractivity (Wildman–Crippen MR) is 93.7 cm³/mol. The molecule has 2 atom stereocenters. The Morgan fingerprint density at radius 2 is 2.22 bits per heavy atom. The van der Waals surface area contributed by atoms with Crippen molar-refractivity contribution in [2.75, 3.05) is 45.8 Å². The zero-order valence-corrected chi connectivity index (χ0v) is 14.5. The maximum absolute atomic E-state index is 4.86. The van der Waals surface area contributed by atoms with Gasteiger partial charge in [0, 0.05) is 38.6 Å². The first-order valence-electron chi connectivity index (χ1n) is 9.01. The molecule has 0 saturated carbocycles. The highest BCUT2D eigenvalue weighted by atomic mass is 15.3. The Bertz CT molecular complexity index is 493. The Labute approximate surface area is 139 Å². The van der Waals surface area contributed by atoms with Gasteiger partial charge < -0.3 is 19.7 Å². The summed E-state index contributed by atoms with van der Waals surface area (Å²) in [5.41, 5.74) is 0. The van der Waals surface area contributed by atoms with Crippen LogP contribution < -0.4 is 5.32 Å². The van der Waals surface area contributed by atoms with Crippen LogP contribution in [0.2, 0.25) is 0 Å². The van der Waals surface area contributed by atoms with Crippen LogP contribution in [0.4, 0.5) is 0 Å². The van der Waals surface area contributed by atoms with Gasteiger partial charge in [0.05, 0.1) is 18.9 Å². The SMILES string of the molecule is CCNC(=NCCN1CCC1)N1CCC(C)C(n2ccnc2)C1. The topological polar surface area (TPSA) is 48.7 Å². The lowest BCUT2D eigenvalue weighted by Crippen LogP contribution is -2.49. The van der Waals surface area contributed by atoms with E-state index in [1.165, 1.54) is 25.9 Å². The Morgan fingerprint density at radius 3 is 2.87 bits per heavy atom. The van der Waals surface area contributed by atoms with Crippen LogP contribution in [-0.2, 0) is 0 Å². The molecule has 1 aromatic rings. The molecule has 23 heavy (non-hydrogen) atoms. The van der Waals surface area contributed by atoms with Gasteiger partial charge in [0.2, 0.25) is 0 Å². The highest BCUT2D eigenvalue weighted by molar-refractivity contribution is 5.80. The summed E-state index contributed by atoms with van der Waals surface area (Å²) in [7, 11) is 0. The smallest absolute Gasteiger partial charge is 0.194 e. The van der Waals surface area contributed by atoms with E-state index in [9.17, 15) is 0 Å². The van der Waals surface area contributed by atoms with Gasteiger partial charge in [-0.15, -0.1) is 0 Å². The molecule has 1 N–H and O–H groups in total. The third kappa shape index (κ3) is 4.05. The summed E-state index contributed by atoms with van der Waals surface area (Å²) >= 11 is 0. The Kier molecular flexibility index (Phi) is 5.54. The van der Waals surface area contributed by atoms with Gasteiger partial charge in [0.15, 0.2) is 5.96 Å². The van der Waals surface area contributed by atoms with Crippen LogP contribution in [0.25, 0.3) is 0 Å². The second-order valence-electron chi connectivity index (χ2n) is 6.72. The maximum Gasteiger partial charge on any atom is 0.194 e. The molecule has 3 heterocycles. The Balaban J connectivity index is 1.62. The quantitative estimate of drug-likeness (QED) is 0.659. The molecular weight excluding hydrogens is 288 g/mol. The van der Waals surface area contributed by atoms with Gasteiger partial charge in [-0.1, -0.05) is 6.92 Å². The first-order valence-corrected chi connectivity index (χ1v) is 9.01. The number of guanidine groups is 1. The van der Waals surface area contributed by atoms with E-state index in [1.54, 1.807) is 0 Å². The number of aliphatic imine (C=N–C) groups is 1. The monoisotopic (exact) mass is 318 g/mol. The molecule has 2 fully saturated rings. The summed E-state index contributed by atoms with van der Waals surface area (Å²) in [6.45, 7) is 12.0. The fourth-order valence-corrected chi connectivity index (χ4v) is 3.42. The van der Waals surface area contributed by atoms with Crippen molar-refractivity contribution in [1.82, 2.24) is 24.7 Å². The zero-order chi connectivity index (χ0) is 16.1. The van der Waals surface area contributed by atoms with Crippen LogP contribution in [0.3, 0.4) is 0 Å². The normalized spacial score (nSPS) is 26.2. The molecule has 0 spiro atoms. The van der Waals surface area contributed by atoms with Gasteiger partial charge in [-0.25, -0.2) is 4.98 Å². The number of piperidine rings is 1. The summed E-state index contributed by atoms with van der Waals surface area (Å²) in [5, 5.41) is 3.48. The van der Waals surface area contributed by atoms with Crippen LogP contribution in [-0.4, -0.2) is 71.1 Å². The highest BCUT2D eigenvalue weighted by Gasteiger charge is 2.28. The van der Waals surface area contributed by atoms with Crippen molar-refractivity contribution in [3.63, 3.8) is 0 Å². The number of aromatic nitrogens is 2. The molecular formula is C17H30N6. The molecule has 6 heteroatoms. The Hall–Kier alpha value is -1.56. The summed E-state index contributed by atoms with van der Waals surface area (Å²) in [6, 6.07) is 0.477. The van der Waals surface area contributed by atoms with E-state index in [0.29, 0.717) is 12.0 Å². The van der Waals surface area contributed by atoms with E-state index in [0.717, 1.165) is 38.7 Å². The lowest BCUT2D eigenvalue weighted by molar-refractivity contribution is 0.182. The molecule has 2 aliphatic rings. The average molecular weight is 318 g/mol. The minimum atomic E-state index is 0.477. The van der Waals surface area contributed by atoms with Crippen molar-refractivity contribution >= 4 is 5.96 Å². The second-order valence-corrected chi connectivity index (χ2v) is 6.72. The van der Waals surface area contributed by atoms with Gasteiger partial charge in [0.25, 0.3) is 0 Å². The standard InChI is InChI=1S/C17H30N6/c1-3-19-17(20-7-11-21-8-4-9-21)22-10-5-15(2)16(13-22)23-12-6-18-14-23/h6,12,14-16H,3-5,7-11,13H2,1-2H3,(H,19,20). The van der Waals surface area contributed by atoms with E-state index >= 15 is 0 Å². The number of nitrogens with zero attached hydrogens (tertiary/aromatic N) is 5. The van der Waals surface area contributed by atoms with Crippen molar-refractivity contribution in [2.45, 2.75) is 32.7 Å². The summed E-state index contributed by atoms with van der Waals surface area (Å²) < 4.78 is 2.25. The van der Waals surface area contributed by atoms with Crippen LogP contribution in [0.5, 0.6) is 0 Å². The number of nitrogens with one attached hydrogen (secondary N) is 1. The molecule has 2 saturated heterocycles. The lowest BCUT2D eigenvalue weighted by atomic mass is 9.93. The number of hydrogen-bond donors (Lipinski definition) is 1.